The Morgan fingerprint density at radius 3 is 2.46 bits per heavy atom. The van der Waals surface area contributed by atoms with Crippen LogP contribution in [-0.4, -0.2) is 11.1 Å². The van der Waals surface area contributed by atoms with Crippen molar-refractivity contribution in [3.63, 3.8) is 0 Å². The summed E-state index contributed by atoms with van der Waals surface area (Å²) in [6.07, 6.45) is 3.09. The molecule has 0 saturated carbocycles. The van der Waals surface area contributed by atoms with Crippen LogP contribution >= 0.6 is 0 Å². The number of benzene rings is 2. The first-order chi connectivity index (χ1) is 11.6. The van der Waals surface area contributed by atoms with Gasteiger partial charge < -0.3 is 9.47 Å². The molecule has 2 aromatic carbocycles. The normalized spacial score (nSPS) is 17.5. The number of fused-ring (bicyclic) bond motifs is 2. The largest absolute Gasteiger partial charge is 0.447 e. The van der Waals surface area contributed by atoms with E-state index in [0.717, 1.165) is 16.8 Å². The highest BCUT2D eigenvalue weighted by molar-refractivity contribution is 5.88. The SMILES string of the molecule is CC1=Cc2cc3c(cc2C=NN1)OC(c1ccc([N+](=O)[O-])cc1)O3. The quantitative estimate of drug-likeness (QED) is 0.676. The lowest BCUT2D eigenvalue weighted by Crippen LogP contribution is -2.07. The van der Waals surface area contributed by atoms with Crippen molar-refractivity contribution >= 4 is 18.0 Å². The molecule has 0 saturated heterocycles. The van der Waals surface area contributed by atoms with Gasteiger partial charge in [0, 0.05) is 29.0 Å². The van der Waals surface area contributed by atoms with E-state index in [1.807, 2.05) is 25.1 Å². The lowest BCUT2D eigenvalue weighted by atomic mass is 10.1. The fraction of sp³-hybridized carbons (Fsp3) is 0.118. The van der Waals surface area contributed by atoms with Crippen LogP contribution in [0.1, 0.15) is 29.9 Å². The number of hydrogen-bond acceptors (Lipinski definition) is 6. The maximum atomic E-state index is 10.7. The molecule has 24 heavy (non-hydrogen) atoms. The van der Waals surface area contributed by atoms with E-state index in [0.29, 0.717) is 17.1 Å². The summed E-state index contributed by atoms with van der Waals surface area (Å²) in [6.45, 7) is 1.93. The molecule has 0 aliphatic carbocycles. The molecule has 1 atom stereocenters. The average molecular weight is 323 g/mol. The first-order valence-electron chi connectivity index (χ1n) is 7.33. The maximum absolute atomic E-state index is 10.7. The molecule has 4 rings (SSSR count). The summed E-state index contributed by atoms with van der Waals surface area (Å²) in [4.78, 5) is 10.3. The van der Waals surface area contributed by atoms with Gasteiger partial charge in [-0.15, -0.1) is 0 Å². The molecule has 2 aliphatic heterocycles. The van der Waals surface area contributed by atoms with Crippen LogP contribution in [0.4, 0.5) is 5.69 Å². The summed E-state index contributed by atoms with van der Waals surface area (Å²) in [5.74, 6) is 1.26. The monoisotopic (exact) mass is 323 g/mol. The second-order valence-electron chi connectivity index (χ2n) is 5.54. The van der Waals surface area contributed by atoms with E-state index < -0.39 is 11.2 Å². The van der Waals surface area contributed by atoms with Gasteiger partial charge in [0.2, 0.25) is 0 Å². The van der Waals surface area contributed by atoms with Gasteiger partial charge in [-0.3, -0.25) is 15.5 Å². The van der Waals surface area contributed by atoms with E-state index in [2.05, 4.69) is 10.5 Å². The number of ether oxygens (including phenoxy) is 2. The van der Waals surface area contributed by atoms with Crippen LogP contribution < -0.4 is 14.9 Å². The highest BCUT2D eigenvalue weighted by Gasteiger charge is 2.27. The second kappa shape index (κ2) is 5.38. The average Bonchev–Trinajstić information content (AvgIpc) is 2.88. The number of nitro benzene ring substituents is 1. The molecule has 0 radical (unpaired) electrons. The number of non-ortho nitro benzene ring substituents is 1. The predicted molar refractivity (Wildman–Crippen MR) is 87.9 cm³/mol. The third-order valence-corrected chi connectivity index (χ3v) is 3.81. The number of rotatable bonds is 2. The van der Waals surface area contributed by atoms with Gasteiger partial charge in [0.05, 0.1) is 11.1 Å². The Morgan fingerprint density at radius 1 is 1.12 bits per heavy atom. The van der Waals surface area contributed by atoms with Crippen LogP contribution in [-0.2, 0) is 0 Å². The van der Waals surface area contributed by atoms with Crippen molar-refractivity contribution in [3.05, 3.63) is 68.9 Å². The molecule has 7 heteroatoms. The Labute approximate surface area is 137 Å². The van der Waals surface area contributed by atoms with Crippen molar-refractivity contribution in [3.8, 4) is 11.5 Å². The minimum atomic E-state index is -0.619. The standard InChI is InChI=1S/C17H13N3O4/c1-10-6-12-7-15-16(8-13(12)9-18-19-10)24-17(23-15)11-2-4-14(5-3-11)20(21)22/h2-9,17,19H,1H3. The van der Waals surface area contributed by atoms with Gasteiger partial charge in [-0.2, -0.15) is 5.10 Å². The molecular weight excluding hydrogens is 310 g/mol. The number of hydrogen-bond donors (Lipinski definition) is 1. The molecule has 2 aromatic rings. The van der Waals surface area contributed by atoms with Crippen molar-refractivity contribution in [2.75, 3.05) is 0 Å². The maximum Gasteiger partial charge on any atom is 0.269 e. The van der Waals surface area contributed by atoms with Crippen LogP contribution in [0.25, 0.3) is 6.08 Å². The molecule has 1 unspecified atom stereocenters. The number of hydrazone groups is 1. The molecule has 2 aliphatic rings. The van der Waals surface area contributed by atoms with Gasteiger partial charge in [0.15, 0.2) is 11.5 Å². The Hall–Kier alpha value is -3.35. The predicted octanol–water partition coefficient (Wildman–Crippen LogP) is 3.36. The van der Waals surface area contributed by atoms with Crippen LogP contribution in [0.5, 0.6) is 11.5 Å². The molecule has 0 amide bonds. The minimum Gasteiger partial charge on any atom is -0.447 e. The molecule has 0 aromatic heterocycles. The van der Waals surface area contributed by atoms with Crippen LogP contribution in [0.2, 0.25) is 0 Å². The Morgan fingerprint density at radius 2 is 1.79 bits per heavy atom. The van der Waals surface area contributed by atoms with E-state index in [9.17, 15) is 10.1 Å². The Balaban J connectivity index is 1.64. The number of nitrogens with zero attached hydrogens (tertiary/aromatic N) is 2. The second-order valence-corrected chi connectivity index (χ2v) is 5.54. The summed E-state index contributed by atoms with van der Waals surface area (Å²) < 4.78 is 11.7. The van der Waals surface area contributed by atoms with Crippen molar-refractivity contribution in [2.24, 2.45) is 5.10 Å². The Kier molecular flexibility index (Phi) is 3.19. The smallest absolute Gasteiger partial charge is 0.269 e. The third-order valence-electron chi connectivity index (χ3n) is 3.81. The summed E-state index contributed by atoms with van der Waals surface area (Å²) in [5, 5.41) is 14.9. The first kappa shape index (κ1) is 14.3. The highest BCUT2D eigenvalue weighted by Crippen LogP contribution is 2.42. The number of nitro groups is 1. The molecule has 120 valence electrons. The first-order valence-corrected chi connectivity index (χ1v) is 7.33. The summed E-state index contributed by atoms with van der Waals surface area (Å²) in [5.41, 5.74) is 6.49. The molecule has 0 fully saturated rings. The molecule has 1 N–H and O–H groups in total. The molecule has 0 spiro atoms. The lowest BCUT2D eigenvalue weighted by molar-refractivity contribution is -0.384. The zero-order valence-electron chi connectivity index (χ0n) is 12.7. The van der Waals surface area contributed by atoms with Gasteiger partial charge in [-0.25, -0.2) is 0 Å². The van der Waals surface area contributed by atoms with Gasteiger partial charge in [-0.05, 0) is 42.8 Å². The van der Waals surface area contributed by atoms with Crippen LogP contribution in [0.3, 0.4) is 0 Å². The molecule has 7 nitrogen and oxygen atoms in total. The zero-order chi connectivity index (χ0) is 16.7. The van der Waals surface area contributed by atoms with Crippen LogP contribution in [0, 0.1) is 10.1 Å². The topological polar surface area (TPSA) is 86.0 Å². The van der Waals surface area contributed by atoms with Crippen LogP contribution in [0.15, 0.2) is 47.2 Å². The van der Waals surface area contributed by atoms with Gasteiger partial charge >= 0.3 is 0 Å². The van der Waals surface area contributed by atoms with Gasteiger partial charge in [-0.1, -0.05) is 0 Å². The zero-order valence-corrected chi connectivity index (χ0v) is 12.7. The van der Waals surface area contributed by atoms with E-state index in [1.165, 1.54) is 12.1 Å². The third kappa shape index (κ3) is 2.45. The van der Waals surface area contributed by atoms with E-state index >= 15 is 0 Å². The summed E-state index contributed by atoms with van der Waals surface area (Å²) in [7, 11) is 0. The fourth-order valence-corrected chi connectivity index (χ4v) is 2.63. The number of allylic oxidation sites excluding steroid dienone is 1. The number of nitrogens with one attached hydrogen (secondary N) is 1. The van der Waals surface area contributed by atoms with Crippen molar-refractivity contribution in [2.45, 2.75) is 13.2 Å². The van der Waals surface area contributed by atoms with Gasteiger partial charge in [0.25, 0.3) is 12.0 Å². The minimum absolute atomic E-state index is 0.0327. The Bertz CT molecular complexity index is 887. The molecule has 2 heterocycles. The van der Waals surface area contributed by atoms with Gasteiger partial charge in [0.1, 0.15) is 0 Å². The lowest BCUT2D eigenvalue weighted by Gasteiger charge is -2.09. The van der Waals surface area contributed by atoms with Crippen molar-refractivity contribution in [1.29, 1.82) is 0 Å². The highest BCUT2D eigenvalue weighted by atomic mass is 16.7. The van der Waals surface area contributed by atoms with E-state index in [-0.39, 0.29) is 5.69 Å². The molecular formula is C17H13N3O4. The van der Waals surface area contributed by atoms with Crippen molar-refractivity contribution < 1.29 is 14.4 Å². The summed E-state index contributed by atoms with van der Waals surface area (Å²) in [6, 6.07) is 9.91. The molecule has 0 bridgehead atoms. The van der Waals surface area contributed by atoms with E-state index in [1.54, 1.807) is 18.3 Å². The fourth-order valence-electron chi connectivity index (χ4n) is 2.63. The summed E-state index contributed by atoms with van der Waals surface area (Å²) >= 11 is 0. The van der Waals surface area contributed by atoms with Crippen molar-refractivity contribution in [1.82, 2.24) is 5.43 Å². The van der Waals surface area contributed by atoms with E-state index in [4.69, 9.17) is 9.47 Å².